The van der Waals surface area contributed by atoms with Gasteiger partial charge >= 0.3 is 0 Å². The molecule has 0 saturated carbocycles. The maximum Gasteiger partial charge on any atom is 0.0680 e. The summed E-state index contributed by atoms with van der Waals surface area (Å²) in [5.74, 6) is 0. The molecule has 0 spiro atoms. The van der Waals surface area contributed by atoms with Crippen LogP contribution in [0.25, 0.3) is 12.2 Å². The number of hydrogen-bond acceptors (Lipinski definition) is 2. The highest BCUT2D eigenvalue weighted by molar-refractivity contribution is 5.54. The molecule has 2 nitrogen and oxygen atoms in total. The van der Waals surface area contributed by atoms with E-state index >= 15 is 0 Å². The molecule has 0 atom stereocenters. The van der Waals surface area contributed by atoms with E-state index in [0.29, 0.717) is 0 Å². The van der Waals surface area contributed by atoms with Gasteiger partial charge in [0.2, 0.25) is 0 Å². The quantitative estimate of drug-likeness (QED) is 0.652. The van der Waals surface area contributed by atoms with E-state index in [0.717, 1.165) is 29.1 Å². The van der Waals surface area contributed by atoms with Gasteiger partial charge in [-0.1, -0.05) is 12.2 Å². The predicted molar refractivity (Wildman–Crippen MR) is 60.2 cm³/mol. The van der Waals surface area contributed by atoms with Crippen LogP contribution in [0.4, 0.5) is 5.69 Å². The first-order chi connectivity index (χ1) is 6.77. The van der Waals surface area contributed by atoms with E-state index in [9.17, 15) is 0 Å². The van der Waals surface area contributed by atoms with Crippen molar-refractivity contribution < 1.29 is 0 Å². The Morgan fingerprint density at radius 2 is 2.00 bits per heavy atom. The largest absolute Gasteiger partial charge is 0.398 e. The van der Waals surface area contributed by atoms with Crippen LogP contribution in [0.3, 0.4) is 0 Å². The average molecular weight is 188 g/mol. The van der Waals surface area contributed by atoms with Crippen LogP contribution < -0.4 is 16.3 Å². The van der Waals surface area contributed by atoms with Crippen molar-refractivity contribution in [2.45, 2.75) is 33.1 Å². The lowest BCUT2D eigenvalue weighted by atomic mass is 10.1. The van der Waals surface area contributed by atoms with Gasteiger partial charge in [-0.25, -0.2) is 0 Å². The normalized spacial score (nSPS) is 17.6. The van der Waals surface area contributed by atoms with E-state index < -0.39 is 0 Å². The van der Waals surface area contributed by atoms with E-state index in [1.54, 1.807) is 0 Å². The molecule has 1 aliphatic rings. The number of fused-ring (bicyclic) bond motifs is 1. The topological polar surface area (TPSA) is 38.9 Å². The monoisotopic (exact) mass is 188 g/mol. The van der Waals surface area contributed by atoms with Crippen LogP contribution in [0.1, 0.15) is 31.5 Å². The molecule has 1 aromatic heterocycles. The molecule has 0 fully saturated rings. The molecule has 0 radical (unpaired) electrons. The van der Waals surface area contributed by atoms with Crippen LogP contribution >= 0.6 is 0 Å². The van der Waals surface area contributed by atoms with Crippen LogP contribution in [-0.2, 0) is 12.8 Å². The number of nitrogen functional groups attached to an aromatic ring is 1. The second-order valence-corrected chi connectivity index (χ2v) is 3.68. The molecule has 2 N–H and O–H groups in total. The lowest BCUT2D eigenvalue weighted by Crippen LogP contribution is -2.32. The maximum absolute atomic E-state index is 6.13. The van der Waals surface area contributed by atoms with Gasteiger partial charge in [-0.2, -0.15) is 0 Å². The van der Waals surface area contributed by atoms with Crippen molar-refractivity contribution >= 4 is 17.8 Å². The van der Waals surface area contributed by atoms with Gasteiger partial charge in [0.05, 0.1) is 5.35 Å². The highest BCUT2D eigenvalue weighted by Crippen LogP contribution is 2.21. The Morgan fingerprint density at radius 3 is 2.64 bits per heavy atom. The molecule has 1 heterocycles. The first-order valence-electron chi connectivity index (χ1n) is 5.18. The fraction of sp³-hybridized carbons (Fsp3) is 0.417. The summed E-state index contributed by atoms with van der Waals surface area (Å²) in [6, 6.07) is 0. The molecule has 0 aromatic carbocycles. The molecule has 0 bridgehead atoms. The minimum atomic E-state index is 0.947. The van der Waals surface area contributed by atoms with Gasteiger partial charge in [0.1, 0.15) is 0 Å². The maximum atomic E-state index is 6.13. The number of nitrogens with two attached hydrogens (primary N) is 1. The molecule has 14 heavy (non-hydrogen) atoms. The molecular formula is C12H16N2. The SMILES string of the molecule is CC=c1nc2c(c(N)c1=CC)CCC2. The number of hydrogen-bond donors (Lipinski definition) is 1. The van der Waals surface area contributed by atoms with E-state index in [2.05, 4.69) is 11.1 Å². The van der Waals surface area contributed by atoms with Crippen LogP contribution in [0.2, 0.25) is 0 Å². The number of aryl methyl sites for hydroxylation is 1. The Kier molecular flexibility index (Phi) is 2.28. The molecule has 0 saturated heterocycles. The molecule has 0 unspecified atom stereocenters. The van der Waals surface area contributed by atoms with Crippen LogP contribution in [0.15, 0.2) is 0 Å². The second kappa shape index (κ2) is 3.45. The first-order valence-corrected chi connectivity index (χ1v) is 5.18. The first kappa shape index (κ1) is 9.25. The number of nitrogens with zero attached hydrogens (tertiary/aromatic N) is 1. The summed E-state index contributed by atoms with van der Waals surface area (Å²) in [4.78, 5) is 4.64. The van der Waals surface area contributed by atoms with Gasteiger partial charge < -0.3 is 5.73 Å². The molecule has 74 valence electrons. The molecule has 1 aromatic rings. The zero-order valence-corrected chi connectivity index (χ0v) is 8.80. The molecule has 2 heteroatoms. The van der Waals surface area contributed by atoms with E-state index in [1.807, 2.05) is 19.9 Å². The van der Waals surface area contributed by atoms with E-state index in [1.165, 1.54) is 17.7 Å². The van der Waals surface area contributed by atoms with E-state index in [-0.39, 0.29) is 0 Å². The van der Waals surface area contributed by atoms with Gasteiger partial charge in [-0.15, -0.1) is 0 Å². The second-order valence-electron chi connectivity index (χ2n) is 3.68. The molecule has 0 aliphatic heterocycles. The van der Waals surface area contributed by atoms with Crippen molar-refractivity contribution in [1.82, 2.24) is 4.98 Å². The summed E-state index contributed by atoms with van der Waals surface area (Å²) in [5, 5.41) is 2.14. The highest BCUT2D eigenvalue weighted by atomic mass is 14.7. The third-order valence-electron chi connectivity index (χ3n) is 2.90. The fourth-order valence-electron chi connectivity index (χ4n) is 2.17. The molecular weight excluding hydrogens is 172 g/mol. The van der Waals surface area contributed by atoms with Crippen molar-refractivity contribution in [3.05, 3.63) is 21.8 Å². The summed E-state index contributed by atoms with van der Waals surface area (Å²) in [7, 11) is 0. The van der Waals surface area contributed by atoms with Crippen LogP contribution in [0, 0.1) is 0 Å². The summed E-state index contributed by atoms with van der Waals surface area (Å²) >= 11 is 0. The summed E-state index contributed by atoms with van der Waals surface area (Å²) in [6.45, 7) is 4.03. The van der Waals surface area contributed by atoms with Gasteiger partial charge in [-0.05, 0) is 38.7 Å². The number of pyridine rings is 1. The van der Waals surface area contributed by atoms with Gasteiger partial charge in [0, 0.05) is 16.6 Å². The Hall–Kier alpha value is -1.31. The summed E-state index contributed by atoms with van der Waals surface area (Å²) in [6.07, 6.45) is 7.47. The minimum Gasteiger partial charge on any atom is -0.398 e. The molecule has 0 amide bonds. The van der Waals surface area contributed by atoms with Crippen molar-refractivity contribution in [1.29, 1.82) is 0 Å². The average Bonchev–Trinajstić information content (AvgIpc) is 2.65. The Balaban J connectivity index is 2.87. The van der Waals surface area contributed by atoms with Crippen LogP contribution in [0.5, 0.6) is 0 Å². The van der Waals surface area contributed by atoms with Gasteiger partial charge in [-0.3, -0.25) is 4.98 Å². The highest BCUT2D eigenvalue weighted by Gasteiger charge is 2.15. The van der Waals surface area contributed by atoms with Gasteiger partial charge in [0.25, 0.3) is 0 Å². The van der Waals surface area contributed by atoms with Crippen LogP contribution in [-0.4, -0.2) is 4.98 Å². The third kappa shape index (κ3) is 1.22. The molecule has 1 aliphatic carbocycles. The predicted octanol–water partition coefficient (Wildman–Crippen LogP) is 0.753. The Bertz CT molecular complexity index is 472. The van der Waals surface area contributed by atoms with E-state index in [4.69, 9.17) is 5.73 Å². The fourth-order valence-corrected chi connectivity index (χ4v) is 2.17. The molecule has 2 rings (SSSR count). The number of anilines is 1. The van der Waals surface area contributed by atoms with Crippen molar-refractivity contribution in [2.75, 3.05) is 5.73 Å². The lowest BCUT2D eigenvalue weighted by Gasteiger charge is -2.04. The number of aromatic nitrogens is 1. The summed E-state index contributed by atoms with van der Waals surface area (Å²) < 4.78 is 0. The summed E-state index contributed by atoms with van der Waals surface area (Å²) in [5.41, 5.74) is 9.57. The Labute approximate surface area is 84.2 Å². The van der Waals surface area contributed by atoms with Crippen molar-refractivity contribution in [3.63, 3.8) is 0 Å². The smallest absolute Gasteiger partial charge is 0.0680 e. The number of rotatable bonds is 0. The zero-order chi connectivity index (χ0) is 10.1. The van der Waals surface area contributed by atoms with Gasteiger partial charge in [0.15, 0.2) is 0 Å². The lowest BCUT2D eigenvalue weighted by molar-refractivity contribution is 0.897. The minimum absolute atomic E-state index is 0.947. The van der Waals surface area contributed by atoms with Crippen molar-refractivity contribution in [3.8, 4) is 0 Å². The third-order valence-corrected chi connectivity index (χ3v) is 2.90. The standard InChI is InChI=1S/C12H16N2/c1-3-8-10(4-2)14-11-7-5-6-9(11)12(8)13/h3-4H,5-7,13H2,1-2H3. The zero-order valence-electron chi connectivity index (χ0n) is 8.80. The van der Waals surface area contributed by atoms with Crippen molar-refractivity contribution in [2.24, 2.45) is 0 Å². The Morgan fingerprint density at radius 1 is 1.21 bits per heavy atom.